The maximum atomic E-state index is 11.2. The Morgan fingerprint density at radius 1 is 1.47 bits per heavy atom. The fourth-order valence-corrected chi connectivity index (χ4v) is 2.84. The molecule has 0 radical (unpaired) electrons. The Morgan fingerprint density at radius 3 is 2.71 bits per heavy atom. The molecule has 1 saturated heterocycles. The third-order valence-corrected chi connectivity index (χ3v) is 3.74. The molecule has 0 unspecified atom stereocenters. The average molecular weight is 259 g/mol. The van der Waals surface area contributed by atoms with Crippen molar-refractivity contribution in [3.05, 3.63) is 21.9 Å². The molecule has 6 nitrogen and oxygen atoms in total. The second-order valence-electron chi connectivity index (χ2n) is 3.82. The van der Waals surface area contributed by atoms with Gasteiger partial charge in [0.1, 0.15) is 24.4 Å². The van der Waals surface area contributed by atoms with Crippen LogP contribution in [0, 0.1) is 0 Å². The first kappa shape index (κ1) is 12.5. The zero-order valence-electron chi connectivity index (χ0n) is 8.81. The van der Waals surface area contributed by atoms with Crippen molar-refractivity contribution in [2.45, 2.75) is 24.4 Å². The SMILES string of the molecule is NC(=O)c1ccsc1[C@@H]1O[C@H](CO)[C@@H](O)[C@H]1O. The molecule has 1 amide bonds. The van der Waals surface area contributed by atoms with Crippen molar-refractivity contribution in [2.75, 3.05) is 6.61 Å². The van der Waals surface area contributed by atoms with Gasteiger partial charge in [0.2, 0.25) is 5.91 Å². The number of primary amides is 1. The molecule has 0 aromatic carbocycles. The van der Waals surface area contributed by atoms with Gasteiger partial charge < -0.3 is 25.8 Å². The van der Waals surface area contributed by atoms with Crippen LogP contribution in [0.2, 0.25) is 0 Å². The van der Waals surface area contributed by atoms with Gasteiger partial charge in [0, 0.05) is 4.88 Å². The Kier molecular flexibility index (Phi) is 3.45. The molecule has 2 heterocycles. The molecule has 4 atom stereocenters. The molecule has 5 N–H and O–H groups in total. The Balaban J connectivity index is 2.29. The minimum absolute atomic E-state index is 0.268. The molecule has 7 heteroatoms. The van der Waals surface area contributed by atoms with Crippen LogP contribution >= 0.6 is 11.3 Å². The minimum Gasteiger partial charge on any atom is -0.394 e. The number of hydrogen-bond donors (Lipinski definition) is 4. The largest absolute Gasteiger partial charge is 0.394 e. The molecule has 2 rings (SSSR count). The van der Waals surface area contributed by atoms with Gasteiger partial charge in [-0.3, -0.25) is 4.79 Å². The highest BCUT2D eigenvalue weighted by Crippen LogP contribution is 2.37. The second kappa shape index (κ2) is 4.71. The van der Waals surface area contributed by atoms with Gasteiger partial charge in [-0.1, -0.05) is 0 Å². The van der Waals surface area contributed by atoms with Crippen molar-refractivity contribution in [1.29, 1.82) is 0 Å². The monoisotopic (exact) mass is 259 g/mol. The van der Waals surface area contributed by atoms with E-state index in [0.29, 0.717) is 4.88 Å². The molecule has 94 valence electrons. The third kappa shape index (κ3) is 2.07. The van der Waals surface area contributed by atoms with Gasteiger partial charge in [-0.05, 0) is 11.4 Å². The predicted molar refractivity (Wildman–Crippen MR) is 59.6 cm³/mol. The normalized spacial score (nSPS) is 32.9. The minimum atomic E-state index is -1.18. The van der Waals surface area contributed by atoms with Crippen LogP contribution in [0.15, 0.2) is 11.4 Å². The fraction of sp³-hybridized carbons (Fsp3) is 0.500. The molecule has 0 bridgehead atoms. The van der Waals surface area contributed by atoms with Gasteiger partial charge >= 0.3 is 0 Å². The summed E-state index contributed by atoms with van der Waals surface area (Å²) in [5, 5.41) is 30.0. The third-order valence-electron chi connectivity index (χ3n) is 2.76. The molecule has 1 aliphatic rings. The van der Waals surface area contributed by atoms with Crippen LogP contribution in [0.3, 0.4) is 0 Å². The highest BCUT2D eigenvalue weighted by atomic mass is 32.1. The van der Waals surface area contributed by atoms with Crippen molar-refractivity contribution in [3.8, 4) is 0 Å². The van der Waals surface area contributed by atoms with E-state index in [1.165, 1.54) is 17.4 Å². The van der Waals surface area contributed by atoms with Gasteiger partial charge in [-0.25, -0.2) is 0 Å². The van der Waals surface area contributed by atoms with E-state index >= 15 is 0 Å². The molecule has 1 fully saturated rings. The summed E-state index contributed by atoms with van der Waals surface area (Å²) in [7, 11) is 0. The van der Waals surface area contributed by atoms with E-state index in [1.54, 1.807) is 5.38 Å². The van der Waals surface area contributed by atoms with E-state index in [4.69, 9.17) is 15.6 Å². The van der Waals surface area contributed by atoms with Crippen LogP contribution in [-0.4, -0.2) is 46.1 Å². The van der Waals surface area contributed by atoms with Gasteiger partial charge in [-0.15, -0.1) is 11.3 Å². The van der Waals surface area contributed by atoms with E-state index in [1.807, 2.05) is 0 Å². The lowest BCUT2D eigenvalue weighted by molar-refractivity contribution is -0.0219. The first-order valence-electron chi connectivity index (χ1n) is 5.06. The van der Waals surface area contributed by atoms with E-state index in [9.17, 15) is 15.0 Å². The lowest BCUT2D eigenvalue weighted by atomic mass is 10.0. The summed E-state index contributed by atoms with van der Waals surface area (Å²) in [6, 6.07) is 1.54. The van der Waals surface area contributed by atoms with Crippen molar-refractivity contribution in [2.24, 2.45) is 5.73 Å². The average Bonchev–Trinajstić information content (AvgIpc) is 2.86. The van der Waals surface area contributed by atoms with E-state index in [-0.39, 0.29) is 5.56 Å². The molecular formula is C10H13NO5S. The van der Waals surface area contributed by atoms with Gasteiger partial charge in [-0.2, -0.15) is 0 Å². The summed E-state index contributed by atoms with van der Waals surface area (Å²) >= 11 is 1.21. The number of hydrogen-bond acceptors (Lipinski definition) is 6. The van der Waals surface area contributed by atoms with E-state index < -0.39 is 36.9 Å². The summed E-state index contributed by atoms with van der Waals surface area (Å²) in [5.74, 6) is -0.612. The number of carbonyl (C=O) groups excluding carboxylic acids is 1. The molecular weight excluding hydrogens is 246 g/mol. The number of aliphatic hydroxyl groups is 3. The van der Waals surface area contributed by atoms with E-state index in [2.05, 4.69) is 0 Å². The second-order valence-corrected chi connectivity index (χ2v) is 4.77. The number of ether oxygens (including phenoxy) is 1. The molecule has 0 saturated carbocycles. The number of aliphatic hydroxyl groups excluding tert-OH is 3. The molecule has 1 aromatic heterocycles. The lowest BCUT2D eigenvalue weighted by Crippen LogP contribution is -2.32. The zero-order valence-corrected chi connectivity index (χ0v) is 9.63. The number of thiophene rings is 1. The summed E-state index contributed by atoms with van der Waals surface area (Å²) < 4.78 is 5.32. The topological polar surface area (TPSA) is 113 Å². The van der Waals surface area contributed by atoms with Crippen molar-refractivity contribution in [1.82, 2.24) is 0 Å². The number of carbonyl (C=O) groups is 1. The van der Waals surface area contributed by atoms with Crippen LogP contribution in [0.5, 0.6) is 0 Å². The fourth-order valence-electron chi connectivity index (χ4n) is 1.86. The summed E-state index contributed by atoms with van der Waals surface area (Å²) in [6.45, 7) is -0.397. The maximum Gasteiger partial charge on any atom is 0.249 e. The first-order chi connectivity index (χ1) is 8.06. The molecule has 1 aliphatic heterocycles. The van der Waals surface area contributed by atoms with Crippen molar-refractivity contribution in [3.63, 3.8) is 0 Å². The predicted octanol–water partition coefficient (Wildman–Crippen LogP) is -0.999. The van der Waals surface area contributed by atoms with Crippen LogP contribution in [-0.2, 0) is 4.74 Å². The summed E-state index contributed by atoms with van der Waals surface area (Å²) in [6.07, 6.45) is -4.03. The molecule has 1 aromatic rings. The maximum absolute atomic E-state index is 11.2. The van der Waals surface area contributed by atoms with Crippen LogP contribution in [0.25, 0.3) is 0 Å². The zero-order chi connectivity index (χ0) is 12.6. The molecule has 0 spiro atoms. The highest BCUT2D eigenvalue weighted by Gasteiger charge is 2.44. The standard InChI is InChI=1S/C10H13NO5S/c11-10(15)4-1-2-17-9(4)8-7(14)6(13)5(3-12)16-8/h1-2,5-8,12-14H,3H2,(H2,11,15)/t5-,6-,7-,8-/m1/s1. The van der Waals surface area contributed by atoms with E-state index in [0.717, 1.165) is 0 Å². The Hall–Kier alpha value is -0.990. The van der Waals surface area contributed by atoms with Crippen LogP contribution < -0.4 is 5.73 Å². The number of amides is 1. The molecule has 0 aliphatic carbocycles. The van der Waals surface area contributed by atoms with Gasteiger partial charge in [0.25, 0.3) is 0 Å². The first-order valence-corrected chi connectivity index (χ1v) is 5.94. The number of rotatable bonds is 3. The van der Waals surface area contributed by atoms with Crippen LogP contribution in [0.1, 0.15) is 21.3 Å². The van der Waals surface area contributed by atoms with Crippen molar-refractivity contribution >= 4 is 17.2 Å². The van der Waals surface area contributed by atoms with Crippen LogP contribution in [0.4, 0.5) is 0 Å². The molecule has 17 heavy (non-hydrogen) atoms. The summed E-state index contributed by atoms with van der Waals surface area (Å²) in [4.78, 5) is 11.6. The van der Waals surface area contributed by atoms with Crippen molar-refractivity contribution < 1.29 is 24.9 Å². The smallest absolute Gasteiger partial charge is 0.249 e. The quantitative estimate of drug-likeness (QED) is 0.556. The number of nitrogens with two attached hydrogens (primary N) is 1. The van der Waals surface area contributed by atoms with Gasteiger partial charge in [0.15, 0.2) is 0 Å². The van der Waals surface area contributed by atoms with Gasteiger partial charge in [0.05, 0.1) is 12.2 Å². The Labute approximate surface area is 101 Å². The lowest BCUT2D eigenvalue weighted by Gasteiger charge is -2.14. The summed E-state index contributed by atoms with van der Waals surface area (Å²) in [5.41, 5.74) is 5.46. The Bertz CT molecular complexity index is 421. The Morgan fingerprint density at radius 2 is 2.18 bits per heavy atom. The highest BCUT2D eigenvalue weighted by molar-refractivity contribution is 7.10.